The van der Waals surface area contributed by atoms with E-state index in [-0.39, 0.29) is 0 Å². The number of hydrogen-bond donors (Lipinski definition) is 1. The zero-order valence-corrected chi connectivity index (χ0v) is 8.79. The predicted octanol–water partition coefficient (Wildman–Crippen LogP) is 1.06. The second kappa shape index (κ2) is 4.41. The number of nitrogens with zero attached hydrogens (tertiary/aromatic N) is 3. The Bertz CT molecular complexity index is 325. The van der Waals surface area contributed by atoms with Gasteiger partial charge in [-0.3, -0.25) is 4.99 Å². The summed E-state index contributed by atoms with van der Waals surface area (Å²) in [4.78, 5) is 12.4. The van der Waals surface area contributed by atoms with Crippen molar-refractivity contribution < 1.29 is 0 Å². The Balaban J connectivity index is 1.94. The van der Waals surface area contributed by atoms with E-state index in [0.29, 0.717) is 12.6 Å². The molecule has 1 fully saturated rings. The second-order valence-corrected chi connectivity index (χ2v) is 4.19. The molecule has 2 rings (SSSR count). The van der Waals surface area contributed by atoms with E-state index >= 15 is 0 Å². The first-order valence-corrected chi connectivity index (χ1v) is 5.52. The van der Waals surface area contributed by atoms with Gasteiger partial charge in [0.2, 0.25) is 0 Å². The molecule has 0 spiro atoms. The van der Waals surface area contributed by atoms with Gasteiger partial charge < -0.3 is 5.32 Å². The van der Waals surface area contributed by atoms with E-state index in [1.165, 1.54) is 0 Å². The summed E-state index contributed by atoms with van der Waals surface area (Å²) < 4.78 is 0. The van der Waals surface area contributed by atoms with Crippen molar-refractivity contribution in [3.05, 3.63) is 24.3 Å². The van der Waals surface area contributed by atoms with Crippen LogP contribution >= 0.6 is 11.8 Å². The van der Waals surface area contributed by atoms with Gasteiger partial charge in [0, 0.05) is 18.0 Å². The minimum absolute atomic E-state index is 0.532. The quantitative estimate of drug-likeness (QED) is 0.789. The first-order chi connectivity index (χ1) is 6.84. The van der Waals surface area contributed by atoms with Gasteiger partial charge in [-0.2, -0.15) is 0 Å². The number of aliphatic imine (C=N–C) groups is 1. The zero-order chi connectivity index (χ0) is 9.80. The Hall–Kier alpha value is -1.10. The average Bonchev–Trinajstić information content (AvgIpc) is 2.63. The van der Waals surface area contributed by atoms with Crippen LogP contribution in [0.4, 0.5) is 0 Å². The maximum absolute atomic E-state index is 4.42. The molecule has 0 saturated carbocycles. The van der Waals surface area contributed by atoms with Crippen molar-refractivity contribution in [1.29, 1.82) is 0 Å². The van der Waals surface area contributed by atoms with E-state index in [1.807, 2.05) is 6.07 Å². The molecule has 1 saturated heterocycles. The summed E-state index contributed by atoms with van der Waals surface area (Å²) in [6.45, 7) is 2.78. The van der Waals surface area contributed by atoms with E-state index in [4.69, 9.17) is 0 Å². The summed E-state index contributed by atoms with van der Waals surface area (Å²) in [7, 11) is 0. The molecular formula is C9H12N4S. The predicted molar refractivity (Wildman–Crippen MR) is 58.2 cm³/mol. The van der Waals surface area contributed by atoms with Crippen LogP contribution in [0, 0.1) is 0 Å². The molecule has 1 aromatic heterocycles. The minimum atomic E-state index is 0.532. The number of rotatable bonds is 2. The smallest absolute Gasteiger partial charge is 0.157 e. The van der Waals surface area contributed by atoms with Crippen LogP contribution in [-0.4, -0.2) is 26.9 Å². The molecule has 0 amide bonds. The Morgan fingerprint density at radius 3 is 3.29 bits per heavy atom. The van der Waals surface area contributed by atoms with Crippen molar-refractivity contribution >= 4 is 16.9 Å². The lowest BCUT2D eigenvalue weighted by atomic mass is 10.4. The van der Waals surface area contributed by atoms with Gasteiger partial charge >= 0.3 is 0 Å². The van der Waals surface area contributed by atoms with E-state index in [1.54, 1.807) is 24.3 Å². The highest BCUT2D eigenvalue weighted by molar-refractivity contribution is 8.14. The SMILES string of the molecule is CC1CSC(=NCc2ccncn2)N1. The Kier molecular flexibility index (Phi) is 2.98. The molecule has 74 valence electrons. The molecule has 1 N–H and O–H groups in total. The minimum Gasteiger partial charge on any atom is -0.362 e. The molecule has 1 aliphatic heterocycles. The van der Waals surface area contributed by atoms with Crippen LogP contribution in [0.1, 0.15) is 12.6 Å². The number of aromatic nitrogens is 2. The fraction of sp³-hybridized carbons (Fsp3) is 0.444. The lowest BCUT2D eigenvalue weighted by molar-refractivity contribution is 0.763. The zero-order valence-electron chi connectivity index (χ0n) is 7.97. The third-order valence-corrected chi connectivity index (χ3v) is 3.05. The van der Waals surface area contributed by atoms with Gasteiger partial charge in [0.1, 0.15) is 6.33 Å². The molecule has 1 unspecified atom stereocenters. The van der Waals surface area contributed by atoms with Crippen LogP contribution in [-0.2, 0) is 6.54 Å². The molecule has 1 aromatic rings. The lowest BCUT2D eigenvalue weighted by Gasteiger charge is -2.00. The van der Waals surface area contributed by atoms with Crippen LogP contribution in [0.25, 0.3) is 0 Å². The van der Waals surface area contributed by atoms with Crippen molar-refractivity contribution in [1.82, 2.24) is 15.3 Å². The van der Waals surface area contributed by atoms with Gasteiger partial charge in [-0.25, -0.2) is 9.97 Å². The van der Waals surface area contributed by atoms with Crippen molar-refractivity contribution in [2.75, 3.05) is 5.75 Å². The monoisotopic (exact) mass is 208 g/mol. The highest BCUT2D eigenvalue weighted by Crippen LogP contribution is 2.13. The normalized spacial score (nSPS) is 23.8. The largest absolute Gasteiger partial charge is 0.362 e. The molecule has 0 aliphatic carbocycles. The Labute approximate surface area is 87.3 Å². The summed E-state index contributed by atoms with van der Waals surface area (Å²) in [6, 6.07) is 2.41. The molecule has 0 bridgehead atoms. The van der Waals surface area contributed by atoms with Crippen molar-refractivity contribution in [3.63, 3.8) is 0 Å². The fourth-order valence-corrected chi connectivity index (χ4v) is 2.09. The fourth-order valence-electron chi connectivity index (χ4n) is 1.15. The van der Waals surface area contributed by atoms with Gasteiger partial charge in [-0.05, 0) is 13.0 Å². The highest BCUT2D eigenvalue weighted by Gasteiger charge is 2.14. The van der Waals surface area contributed by atoms with Crippen LogP contribution in [0.2, 0.25) is 0 Å². The first-order valence-electron chi connectivity index (χ1n) is 4.53. The van der Waals surface area contributed by atoms with Gasteiger partial charge in [0.05, 0.1) is 12.2 Å². The maximum Gasteiger partial charge on any atom is 0.157 e. The molecule has 1 atom stereocenters. The van der Waals surface area contributed by atoms with Crippen LogP contribution in [0.3, 0.4) is 0 Å². The lowest BCUT2D eigenvalue weighted by Crippen LogP contribution is -2.23. The number of hydrogen-bond acceptors (Lipinski definition) is 4. The number of amidine groups is 1. The Morgan fingerprint density at radius 2 is 2.64 bits per heavy atom. The molecule has 14 heavy (non-hydrogen) atoms. The summed E-state index contributed by atoms with van der Waals surface area (Å²) in [5.74, 6) is 1.10. The van der Waals surface area contributed by atoms with Crippen molar-refractivity contribution in [3.8, 4) is 0 Å². The number of thioether (sulfide) groups is 1. The maximum atomic E-state index is 4.42. The summed E-state index contributed by atoms with van der Waals surface area (Å²) >= 11 is 1.77. The third kappa shape index (κ3) is 2.45. The molecule has 5 heteroatoms. The topological polar surface area (TPSA) is 50.2 Å². The van der Waals surface area contributed by atoms with Gasteiger partial charge in [0.25, 0.3) is 0 Å². The molecule has 4 nitrogen and oxygen atoms in total. The highest BCUT2D eigenvalue weighted by atomic mass is 32.2. The van der Waals surface area contributed by atoms with Gasteiger partial charge in [-0.15, -0.1) is 0 Å². The van der Waals surface area contributed by atoms with Crippen LogP contribution in [0.5, 0.6) is 0 Å². The van der Waals surface area contributed by atoms with E-state index in [0.717, 1.165) is 16.6 Å². The summed E-state index contributed by atoms with van der Waals surface area (Å²) in [5.41, 5.74) is 0.953. The van der Waals surface area contributed by atoms with Gasteiger partial charge in [-0.1, -0.05) is 11.8 Å². The first kappa shape index (κ1) is 9.45. The summed E-state index contributed by atoms with van der Waals surface area (Å²) in [6.07, 6.45) is 3.29. The molecule has 0 radical (unpaired) electrons. The van der Waals surface area contributed by atoms with Crippen LogP contribution < -0.4 is 5.32 Å². The van der Waals surface area contributed by atoms with E-state index in [9.17, 15) is 0 Å². The summed E-state index contributed by atoms with van der Waals surface area (Å²) in [5, 5.41) is 4.32. The third-order valence-electron chi connectivity index (χ3n) is 1.87. The molecule has 2 heterocycles. The number of nitrogens with one attached hydrogen (secondary N) is 1. The van der Waals surface area contributed by atoms with E-state index in [2.05, 4.69) is 27.2 Å². The molecule has 0 aromatic carbocycles. The van der Waals surface area contributed by atoms with Crippen molar-refractivity contribution in [2.45, 2.75) is 19.5 Å². The standard InChI is InChI=1S/C9H12N4S/c1-7-5-14-9(13-7)11-4-8-2-3-10-6-12-8/h2-3,6-7H,4-5H2,1H3,(H,11,13). The van der Waals surface area contributed by atoms with Crippen molar-refractivity contribution in [2.24, 2.45) is 4.99 Å². The second-order valence-electron chi connectivity index (χ2n) is 3.18. The van der Waals surface area contributed by atoms with Crippen LogP contribution in [0.15, 0.2) is 23.6 Å². The van der Waals surface area contributed by atoms with Gasteiger partial charge in [0.15, 0.2) is 5.17 Å². The Morgan fingerprint density at radius 1 is 1.71 bits per heavy atom. The molecular weight excluding hydrogens is 196 g/mol. The van der Waals surface area contributed by atoms with E-state index < -0.39 is 0 Å². The molecule has 1 aliphatic rings. The average molecular weight is 208 g/mol.